The van der Waals surface area contributed by atoms with Crippen LogP contribution >= 0.6 is 0 Å². The zero-order valence-corrected chi connectivity index (χ0v) is 13.5. The molecule has 0 aliphatic heterocycles. The van der Waals surface area contributed by atoms with Crippen LogP contribution in [0, 0.1) is 35.8 Å². The summed E-state index contributed by atoms with van der Waals surface area (Å²) in [7, 11) is 0.120. The molecular weight excluding hydrogens is 220 g/mol. The molecule has 0 amide bonds. The average Bonchev–Trinajstić information content (AvgIpc) is 2.11. The molecule has 0 bridgehead atoms. The maximum Gasteiger partial charge on any atom is 0.0379 e. The van der Waals surface area contributed by atoms with Gasteiger partial charge >= 0.3 is 0 Å². The van der Waals surface area contributed by atoms with Crippen LogP contribution in [0.2, 0.25) is 19.6 Å². The predicted molar refractivity (Wildman–Crippen MR) is 70.6 cm³/mol. The van der Waals surface area contributed by atoms with E-state index in [0.29, 0.717) is 0 Å². The van der Waals surface area contributed by atoms with Crippen molar-refractivity contribution in [3.8, 4) is 0 Å². The molecule has 1 radical (unpaired) electrons. The maximum absolute atomic E-state index is 2.99. The summed E-state index contributed by atoms with van der Waals surface area (Å²) in [6.07, 6.45) is 10.0. The minimum Gasteiger partial charge on any atom is -0.358 e. The second-order valence-electron chi connectivity index (χ2n) is 2.50. The summed E-state index contributed by atoms with van der Waals surface area (Å²) in [5.41, 5.74) is 0. The van der Waals surface area contributed by atoms with Gasteiger partial charge in [-0.3, -0.25) is 6.08 Å². The van der Waals surface area contributed by atoms with Crippen LogP contribution in [0.1, 0.15) is 6.42 Å². The first-order chi connectivity index (χ1) is 4.23. The van der Waals surface area contributed by atoms with E-state index >= 15 is 0 Å². The number of hydrogen-bond donors (Lipinski definition) is 0. The van der Waals surface area contributed by atoms with E-state index < -0.39 is 0 Å². The molecule has 0 heterocycles. The fourth-order valence-corrected chi connectivity index (χ4v) is 0.340. The van der Waals surface area contributed by atoms with Crippen molar-refractivity contribution in [2.24, 2.45) is 0 Å². The average molecular weight is 246 g/mol. The van der Waals surface area contributed by atoms with Crippen LogP contribution in [0.5, 0.6) is 0 Å². The molecule has 0 saturated heterocycles. The van der Waals surface area contributed by atoms with Gasteiger partial charge in [-0.25, -0.2) is 12.2 Å². The van der Waals surface area contributed by atoms with Gasteiger partial charge in [0, 0.05) is 30.5 Å². The first-order valence-electron chi connectivity index (χ1n) is 3.22. The fourth-order valence-electron chi connectivity index (χ4n) is 0.340. The van der Waals surface area contributed by atoms with E-state index in [9.17, 15) is 0 Å². The second kappa shape index (κ2) is 29.2. The first kappa shape index (κ1) is 36.6. The zero-order valence-electron chi connectivity index (χ0n) is 10.9. The van der Waals surface area contributed by atoms with Gasteiger partial charge < -0.3 is 29.7 Å². The van der Waals surface area contributed by atoms with E-state index in [-0.39, 0.29) is 60.2 Å². The number of rotatable bonds is 0. The van der Waals surface area contributed by atoms with Gasteiger partial charge in [-0.2, -0.15) is 6.08 Å². The number of allylic oxidation sites excluding steroid dienone is 4. The largest absolute Gasteiger partial charge is 0.358 e. The van der Waals surface area contributed by atoms with E-state index in [1.807, 2.05) is 12.2 Å². The van der Waals surface area contributed by atoms with Gasteiger partial charge in [-0.1, -0.05) is 19.6 Å². The van der Waals surface area contributed by atoms with Gasteiger partial charge in [0.1, 0.15) is 0 Å². The molecule has 87 valence electrons. The summed E-state index contributed by atoms with van der Waals surface area (Å²) in [5.74, 6) is 0. The molecule has 2 heteroatoms. The van der Waals surface area contributed by atoms with Gasteiger partial charge in [-0.05, 0) is 0 Å². The molecule has 0 N–H and O–H groups in total. The summed E-state index contributed by atoms with van der Waals surface area (Å²) in [6.45, 7) is 6.81. The third kappa shape index (κ3) is 55.2. The van der Waals surface area contributed by atoms with Crippen LogP contribution in [0.3, 0.4) is 0 Å². The molecule has 0 unspecified atom stereocenters. The van der Waals surface area contributed by atoms with Crippen molar-refractivity contribution in [2.45, 2.75) is 26.1 Å². The van der Waals surface area contributed by atoms with Crippen LogP contribution in [0.15, 0.2) is 18.2 Å². The third-order valence-electron chi connectivity index (χ3n) is 0.586. The predicted octanol–water partition coefficient (Wildman–Crippen LogP) is 4.47. The summed E-state index contributed by atoms with van der Waals surface area (Å²) in [6, 6.07) is 0. The van der Waals surface area contributed by atoms with Crippen molar-refractivity contribution < 1.29 is 21.7 Å². The SMILES string of the molecule is C[Si](C)C.[C-]1=CC=CC1.[CH3-].[CH3-].[CH3-].[CH3-].[Ti]. The van der Waals surface area contributed by atoms with Gasteiger partial charge in [0.05, 0.1) is 0 Å². The van der Waals surface area contributed by atoms with E-state index in [1.54, 1.807) is 0 Å². The molecule has 1 aliphatic rings. The summed E-state index contributed by atoms with van der Waals surface area (Å²) >= 11 is 0. The van der Waals surface area contributed by atoms with Crippen molar-refractivity contribution in [2.75, 3.05) is 0 Å². The van der Waals surface area contributed by atoms with Gasteiger partial charge in [-0.15, -0.1) is 6.42 Å². The second-order valence-corrected chi connectivity index (χ2v) is 5.50. The van der Waals surface area contributed by atoms with E-state index in [1.165, 1.54) is 0 Å². The Labute approximate surface area is 110 Å². The summed E-state index contributed by atoms with van der Waals surface area (Å²) in [5, 5.41) is 0. The van der Waals surface area contributed by atoms with Crippen LogP contribution in [0.4, 0.5) is 0 Å². The molecule has 1 aliphatic carbocycles. The Morgan fingerprint density at radius 3 is 1.43 bits per heavy atom. The van der Waals surface area contributed by atoms with E-state index in [4.69, 9.17) is 0 Å². The summed E-state index contributed by atoms with van der Waals surface area (Å²) < 4.78 is 0. The van der Waals surface area contributed by atoms with Crippen molar-refractivity contribution in [3.05, 3.63) is 54.0 Å². The normalized spacial score (nSPS) is 8.86. The van der Waals surface area contributed by atoms with Crippen molar-refractivity contribution in [3.63, 3.8) is 0 Å². The van der Waals surface area contributed by atoms with Crippen LogP contribution < -0.4 is 0 Å². The monoisotopic (exact) mass is 246 g/mol. The molecule has 14 heavy (non-hydrogen) atoms. The van der Waals surface area contributed by atoms with Crippen LogP contribution in [-0.4, -0.2) is 8.80 Å². The smallest absolute Gasteiger partial charge is 0.0379 e. The Kier molecular flexibility index (Phi) is 76.4. The molecule has 0 saturated carbocycles. The van der Waals surface area contributed by atoms with Gasteiger partial charge in [0.25, 0.3) is 0 Å². The van der Waals surface area contributed by atoms with Crippen LogP contribution in [0.25, 0.3) is 0 Å². The minimum atomic E-state index is 0. The van der Waals surface area contributed by atoms with Gasteiger partial charge in [0.15, 0.2) is 0 Å². The number of hydrogen-bond acceptors (Lipinski definition) is 0. The topological polar surface area (TPSA) is 0 Å². The molecular formula is C12H26SiTi-5. The molecule has 0 aromatic rings. The Bertz CT molecular complexity index is 94.1. The molecule has 0 nitrogen and oxygen atoms in total. The summed E-state index contributed by atoms with van der Waals surface area (Å²) in [4.78, 5) is 0. The maximum atomic E-state index is 2.99. The van der Waals surface area contributed by atoms with Gasteiger partial charge in [0.2, 0.25) is 0 Å². The van der Waals surface area contributed by atoms with Crippen LogP contribution in [-0.2, 0) is 21.7 Å². The Balaban J connectivity index is -0.0000000171. The molecule has 0 atom stereocenters. The quantitative estimate of drug-likeness (QED) is 0.437. The standard InChI is InChI=1S/C5H5.C3H9Si.4CH3.Ti/c1-2-4-5-3-1;1-4(2)3;;;;;/h1-3H,4H2;1-3H3;4*1H3;/q-1;;4*-1;. The van der Waals surface area contributed by atoms with Crippen molar-refractivity contribution >= 4 is 8.80 Å². The Morgan fingerprint density at radius 1 is 1.00 bits per heavy atom. The minimum absolute atomic E-state index is 0. The Morgan fingerprint density at radius 2 is 1.36 bits per heavy atom. The van der Waals surface area contributed by atoms with Crippen molar-refractivity contribution in [1.29, 1.82) is 0 Å². The van der Waals surface area contributed by atoms with E-state index in [0.717, 1.165) is 6.42 Å². The van der Waals surface area contributed by atoms with E-state index in [2.05, 4.69) is 31.8 Å². The zero-order chi connectivity index (χ0) is 7.11. The fraction of sp³-hybridized carbons (Fsp3) is 0.333. The molecule has 0 aromatic carbocycles. The first-order valence-corrected chi connectivity index (χ1v) is 6.22. The Hall–Kier alpha value is 0.411. The van der Waals surface area contributed by atoms with Crippen molar-refractivity contribution in [1.82, 2.24) is 0 Å². The molecule has 1 rings (SSSR count). The molecule has 0 spiro atoms. The molecule has 0 fully saturated rings. The third-order valence-corrected chi connectivity index (χ3v) is 0.586. The molecule has 0 aromatic heterocycles.